The third kappa shape index (κ3) is 2.43. The van der Waals surface area contributed by atoms with Crippen molar-refractivity contribution in [2.45, 2.75) is 6.04 Å². The molecule has 3 aromatic rings. The first-order chi connectivity index (χ1) is 9.16. The topological polar surface area (TPSA) is 26.0 Å². The van der Waals surface area contributed by atoms with E-state index in [9.17, 15) is 0 Å². The summed E-state index contributed by atoms with van der Waals surface area (Å²) in [7, 11) is 0. The molecule has 2 N–H and O–H groups in total. The van der Waals surface area contributed by atoms with Crippen molar-refractivity contribution in [1.82, 2.24) is 0 Å². The first-order valence-corrected chi connectivity index (χ1v) is 7.83. The number of rotatable bonds is 2. The Kier molecular flexibility index (Phi) is 3.63. The van der Waals surface area contributed by atoms with Crippen molar-refractivity contribution >= 4 is 49.0 Å². The Bertz CT molecular complexity index is 738. The Morgan fingerprint density at radius 1 is 1.11 bits per heavy atom. The van der Waals surface area contributed by atoms with Gasteiger partial charge in [-0.05, 0) is 45.1 Å². The minimum Gasteiger partial charge on any atom is -0.320 e. The Labute approximate surface area is 129 Å². The van der Waals surface area contributed by atoms with E-state index < -0.39 is 0 Å². The Morgan fingerprint density at radius 2 is 1.89 bits per heavy atom. The van der Waals surface area contributed by atoms with Gasteiger partial charge in [0.1, 0.15) is 0 Å². The van der Waals surface area contributed by atoms with Gasteiger partial charge in [-0.25, -0.2) is 0 Å². The van der Waals surface area contributed by atoms with E-state index in [2.05, 4.69) is 28.1 Å². The normalized spacial score (nSPS) is 12.8. The van der Waals surface area contributed by atoms with Gasteiger partial charge in [-0.15, -0.1) is 11.3 Å². The second kappa shape index (κ2) is 5.25. The summed E-state index contributed by atoms with van der Waals surface area (Å²) < 4.78 is 2.33. The number of thiophene rings is 1. The lowest BCUT2D eigenvalue weighted by molar-refractivity contribution is 0.894. The van der Waals surface area contributed by atoms with Crippen LogP contribution >= 0.6 is 38.9 Å². The number of fused-ring (bicyclic) bond motifs is 1. The van der Waals surface area contributed by atoms with Crippen molar-refractivity contribution in [3.05, 3.63) is 68.5 Å². The highest BCUT2D eigenvalue weighted by molar-refractivity contribution is 9.10. The van der Waals surface area contributed by atoms with Crippen LogP contribution in [0.3, 0.4) is 0 Å². The van der Waals surface area contributed by atoms with Crippen LogP contribution in [0.25, 0.3) is 10.1 Å². The summed E-state index contributed by atoms with van der Waals surface area (Å²) in [5.41, 5.74) is 7.31. The van der Waals surface area contributed by atoms with E-state index >= 15 is 0 Å². The van der Waals surface area contributed by atoms with E-state index in [0.29, 0.717) is 5.02 Å². The molecule has 0 radical (unpaired) electrons. The van der Waals surface area contributed by atoms with Crippen molar-refractivity contribution in [2.24, 2.45) is 5.73 Å². The monoisotopic (exact) mass is 351 g/mol. The summed E-state index contributed by atoms with van der Waals surface area (Å²) in [6.45, 7) is 0. The molecule has 1 unspecified atom stereocenters. The van der Waals surface area contributed by atoms with Crippen LogP contribution in [-0.2, 0) is 0 Å². The molecule has 0 aliphatic heterocycles. The number of hydrogen-bond acceptors (Lipinski definition) is 2. The molecular formula is C15H11BrClNS. The molecular weight excluding hydrogens is 342 g/mol. The zero-order valence-corrected chi connectivity index (χ0v) is 13.1. The number of benzene rings is 2. The van der Waals surface area contributed by atoms with Crippen molar-refractivity contribution < 1.29 is 0 Å². The fraction of sp³-hybridized carbons (Fsp3) is 0.0667. The minimum atomic E-state index is -0.182. The van der Waals surface area contributed by atoms with Gasteiger partial charge in [0, 0.05) is 19.1 Å². The van der Waals surface area contributed by atoms with E-state index in [4.69, 9.17) is 17.3 Å². The predicted octanol–water partition coefficient (Wildman–Crippen LogP) is 5.37. The lowest BCUT2D eigenvalue weighted by atomic mass is 10.1. The van der Waals surface area contributed by atoms with Crippen molar-refractivity contribution in [1.29, 1.82) is 0 Å². The largest absolute Gasteiger partial charge is 0.320 e. The lowest BCUT2D eigenvalue weighted by Crippen LogP contribution is -2.10. The molecule has 0 spiro atoms. The zero-order valence-electron chi connectivity index (χ0n) is 9.94. The molecule has 0 aliphatic carbocycles. The lowest BCUT2D eigenvalue weighted by Gasteiger charge is -2.11. The molecule has 1 aromatic heterocycles. The van der Waals surface area contributed by atoms with Crippen molar-refractivity contribution in [2.75, 3.05) is 0 Å². The minimum absolute atomic E-state index is 0.182. The van der Waals surface area contributed by atoms with Gasteiger partial charge in [0.15, 0.2) is 0 Å². The molecule has 0 saturated heterocycles. The maximum Gasteiger partial charge on any atom is 0.0661 e. The first kappa shape index (κ1) is 13.1. The summed E-state index contributed by atoms with van der Waals surface area (Å²) in [6.07, 6.45) is 0. The molecule has 2 aromatic carbocycles. The van der Waals surface area contributed by atoms with Gasteiger partial charge in [-0.1, -0.05) is 41.9 Å². The summed E-state index contributed by atoms with van der Waals surface area (Å²) >= 11 is 11.5. The van der Waals surface area contributed by atoms with Crippen molar-refractivity contribution in [3.63, 3.8) is 0 Å². The highest BCUT2D eigenvalue weighted by atomic mass is 79.9. The standard InChI is InChI=1S/C15H11BrClNS/c16-11-6-3-4-9-8-13(19-15(9)11)14(18)10-5-1-2-7-12(10)17/h1-8,14H,18H2. The zero-order chi connectivity index (χ0) is 13.4. The average molecular weight is 353 g/mol. The van der Waals surface area contributed by atoms with E-state index in [0.717, 1.165) is 14.9 Å². The van der Waals surface area contributed by atoms with Crippen LogP contribution in [0, 0.1) is 0 Å². The summed E-state index contributed by atoms with van der Waals surface area (Å²) in [5.74, 6) is 0. The van der Waals surface area contributed by atoms with Gasteiger partial charge in [0.05, 0.1) is 6.04 Å². The number of hydrogen-bond donors (Lipinski definition) is 1. The molecule has 1 heterocycles. The third-order valence-electron chi connectivity index (χ3n) is 3.06. The Balaban J connectivity index is 2.10. The van der Waals surface area contributed by atoms with Gasteiger partial charge < -0.3 is 5.73 Å². The maximum absolute atomic E-state index is 6.34. The Hall–Kier alpha value is -0.870. The maximum atomic E-state index is 6.34. The molecule has 3 rings (SSSR count). The molecule has 4 heteroatoms. The van der Waals surface area contributed by atoms with Crippen molar-refractivity contribution in [3.8, 4) is 0 Å². The fourth-order valence-electron chi connectivity index (χ4n) is 2.08. The van der Waals surface area contributed by atoms with Crippen LogP contribution in [0.5, 0.6) is 0 Å². The molecule has 19 heavy (non-hydrogen) atoms. The molecule has 1 nitrogen and oxygen atoms in total. The van der Waals surface area contributed by atoms with Crippen LogP contribution in [0.2, 0.25) is 5.02 Å². The molecule has 0 bridgehead atoms. The van der Waals surface area contributed by atoms with Crippen LogP contribution in [0.15, 0.2) is 53.0 Å². The predicted molar refractivity (Wildman–Crippen MR) is 87.0 cm³/mol. The SMILES string of the molecule is NC(c1cc2cccc(Br)c2s1)c1ccccc1Cl. The third-order valence-corrected chi connectivity index (χ3v) is 5.60. The highest BCUT2D eigenvalue weighted by Gasteiger charge is 2.15. The second-order valence-corrected chi connectivity index (χ2v) is 6.65. The number of nitrogens with two attached hydrogens (primary N) is 1. The van der Waals surface area contributed by atoms with Crippen LogP contribution in [0.4, 0.5) is 0 Å². The van der Waals surface area contributed by atoms with Crippen LogP contribution in [0.1, 0.15) is 16.5 Å². The summed E-state index contributed by atoms with van der Waals surface area (Å²) in [4.78, 5) is 1.12. The molecule has 0 fully saturated rings. The molecule has 96 valence electrons. The van der Waals surface area contributed by atoms with Gasteiger partial charge in [-0.3, -0.25) is 0 Å². The first-order valence-electron chi connectivity index (χ1n) is 5.85. The van der Waals surface area contributed by atoms with Gasteiger partial charge in [0.2, 0.25) is 0 Å². The summed E-state index contributed by atoms with van der Waals surface area (Å²) in [6, 6.07) is 15.9. The summed E-state index contributed by atoms with van der Waals surface area (Å²) in [5, 5.41) is 1.92. The van der Waals surface area contributed by atoms with Gasteiger partial charge in [0.25, 0.3) is 0 Å². The smallest absolute Gasteiger partial charge is 0.0661 e. The molecule has 0 amide bonds. The molecule has 1 atom stereocenters. The van der Waals surface area contributed by atoms with Crippen LogP contribution in [-0.4, -0.2) is 0 Å². The van der Waals surface area contributed by atoms with E-state index in [1.54, 1.807) is 11.3 Å². The highest BCUT2D eigenvalue weighted by Crippen LogP contribution is 2.37. The number of halogens is 2. The fourth-order valence-corrected chi connectivity index (χ4v) is 4.04. The Morgan fingerprint density at radius 3 is 2.63 bits per heavy atom. The van der Waals surface area contributed by atoms with E-state index in [-0.39, 0.29) is 6.04 Å². The van der Waals surface area contributed by atoms with E-state index in [1.807, 2.05) is 36.4 Å². The van der Waals surface area contributed by atoms with Gasteiger partial charge in [-0.2, -0.15) is 0 Å². The second-order valence-electron chi connectivity index (χ2n) is 4.31. The van der Waals surface area contributed by atoms with Crippen LogP contribution < -0.4 is 5.73 Å². The quantitative estimate of drug-likeness (QED) is 0.659. The van der Waals surface area contributed by atoms with E-state index in [1.165, 1.54) is 10.1 Å². The van der Waals surface area contributed by atoms with Gasteiger partial charge >= 0.3 is 0 Å². The molecule has 0 aliphatic rings. The molecule has 0 saturated carbocycles. The average Bonchev–Trinajstić information content (AvgIpc) is 2.84.